The number of nitrogens with two attached hydrogens (primary N) is 1. The SMILES string of the molecule is Nc1ccnc(CN2CCOC(c3ccc(OC(F)F)cc3)C2)n1. The van der Waals surface area contributed by atoms with Crippen LogP contribution in [-0.4, -0.2) is 41.2 Å². The second-order valence-corrected chi connectivity index (χ2v) is 5.44. The number of benzene rings is 1. The number of hydrogen-bond donors (Lipinski definition) is 1. The van der Waals surface area contributed by atoms with Crippen LogP contribution in [0.1, 0.15) is 17.5 Å². The number of halogens is 2. The van der Waals surface area contributed by atoms with Crippen LogP contribution in [0.4, 0.5) is 14.6 Å². The van der Waals surface area contributed by atoms with Crippen LogP contribution in [0, 0.1) is 0 Å². The van der Waals surface area contributed by atoms with Gasteiger partial charge in [-0.2, -0.15) is 8.78 Å². The third kappa shape index (κ3) is 4.36. The first kappa shape index (κ1) is 16.5. The quantitative estimate of drug-likeness (QED) is 0.903. The average Bonchev–Trinajstić information content (AvgIpc) is 2.55. The molecule has 0 bridgehead atoms. The normalized spacial score (nSPS) is 18.7. The van der Waals surface area contributed by atoms with E-state index in [2.05, 4.69) is 19.6 Å². The summed E-state index contributed by atoms with van der Waals surface area (Å²) in [6.45, 7) is -0.246. The highest BCUT2D eigenvalue weighted by Gasteiger charge is 2.22. The topological polar surface area (TPSA) is 73.5 Å². The lowest BCUT2D eigenvalue weighted by molar-refractivity contribution is -0.0500. The largest absolute Gasteiger partial charge is 0.435 e. The van der Waals surface area contributed by atoms with Crippen molar-refractivity contribution in [3.05, 3.63) is 47.9 Å². The molecule has 2 aromatic rings. The van der Waals surface area contributed by atoms with Crippen LogP contribution in [0.3, 0.4) is 0 Å². The molecule has 24 heavy (non-hydrogen) atoms. The van der Waals surface area contributed by atoms with Crippen molar-refractivity contribution in [2.24, 2.45) is 0 Å². The Morgan fingerprint density at radius 2 is 2.08 bits per heavy atom. The third-order valence-corrected chi connectivity index (χ3v) is 3.72. The van der Waals surface area contributed by atoms with Gasteiger partial charge in [-0.1, -0.05) is 12.1 Å². The van der Waals surface area contributed by atoms with Gasteiger partial charge in [0.15, 0.2) is 0 Å². The Labute approximate surface area is 138 Å². The summed E-state index contributed by atoms with van der Waals surface area (Å²) >= 11 is 0. The lowest BCUT2D eigenvalue weighted by Crippen LogP contribution is -2.38. The Hall–Kier alpha value is -2.32. The van der Waals surface area contributed by atoms with Crippen LogP contribution in [0.25, 0.3) is 0 Å². The predicted molar refractivity (Wildman–Crippen MR) is 83.5 cm³/mol. The van der Waals surface area contributed by atoms with E-state index in [0.29, 0.717) is 31.3 Å². The van der Waals surface area contributed by atoms with Gasteiger partial charge >= 0.3 is 6.61 Å². The molecule has 1 saturated heterocycles. The molecule has 2 heterocycles. The molecule has 3 rings (SSSR count). The highest BCUT2D eigenvalue weighted by Crippen LogP contribution is 2.25. The van der Waals surface area contributed by atoms with E-state index in [1.54, 1.807) is 24.4 Å². The first-order valence-corrected chi connectivity index (χ1v) is 7.56. The van der Waals surface area contributed by atoms with Gasteiger partial charge in [-0.05, 0) is 23.8 Å². The fourth-order valence-electron chi connectivity index (χ4n) is 2.60. The molecule has 0 spiro atoms. The van der Waals surface area contributed by atoms with E-state index in [0.717, 1.165) is 12.1 Å². The van der Waals surface area contributed by atoms with E-state index in [9.17, 15) is 8.78 Å². The third-order valence-electron chi connectivity index (χ3n) is 3.72. The molecule has 1 unspecified atom stereocenters. The van der Waals surface area contributed by atoms with E-state index in [4.69, 9.17) is 10.5 Å². The predicted octanol–water partition coefficient (Wildman–Crippen LogP) is 2.23. The zero-order valence-corrected chi connectivity index (χ0v) is 12.9. The monoisotopic (exact) mass is 336 g/mol. The maximum atomic E-state index is 12.2. The van der Waals surface area contributed by atoms with E-state index >= 15 is 0 Å². The standard InChI is InChI=1S/C16H18F2N4O2/c17-16(18)24-12-3-1-11(2-4-12)13-9-22(7-8-23-13)10-15-20-6-5-14(19)21-15/h1-6,13,16H,7-10H2,(H2,19,20,21). The highest BCUT2D eigenvalue weighted by molar-refractivity contribution is 5.29. The Morgan fingerprint density at radius 3 is 2.79 bits per heavy atom. The zero-order valence-electron chi connectivity index (χ0n) is 12.9. The Bertz CT molecular complexity index is 669. The molecule has 128 valence electrons. The van der Waals surface area contributed by atoms with Gasteiger partial charge in [-0.3, -0.25) is 4.90 Å². The van der Waals surface area contributed by atoms with Gasteiger partial charge in [-0.15, -0.1) is 0 Å². The van der Waals surface area contributed by atoms with Crippen LogP contribution >= 0.6 is 0 Å². The van der Waals surface area contributed by atoms with Crippen LogP contribution < -0.4 is 10.5 Å². The molecule has 6 nitrogen and oxygen atoms in total. The van der Waals surface area contributed by atoms with Crippen molar-refractivity contribution in [2.75, 3.05) is 25.4 Å². The summed E-state index contributed by atoms with van der Waals surface area (Å²) in [4.78, 5) is 10.6. The molecule has 1 aromatic carbocycles. The molecule has 0 aliphatic carbocycles. The first-order chi connectivity index (χ1) is 11.6. The second-order valence-electron chi connectivity index (χ2n) is 5.44. The fourth-order valence-corrected chi connectivity index (χ4v) is 2.60. The van der Waals surface area contributed by atoms with Crippen LogP contribution in [0.2, 0.25) is 0 Å². The minimum absolute atomic E-state index is 0.134. The molecule has 8 heteroatoms. The van der Waals surface area contributed by atoms with Crippen molar-refractivity contribution < 1.29 is 18.3 Å². The molecule has 1 fully saturated rings. The molecule has 2 N–H and O–H groups in total. The summed E-state index contributed by atoms with van der Waals surface area (Å²) in [6.07, 6.45) is 1.50. The lowest BCUT2D eigenvalue weighted by Gasteiger charge is -2.32. The Kier molecular flexibility index (Phi) is 5.17. The maximum Gasteiger partial charge on any atom is 0.387 e. The van der Waals surface area contributed by atoms with Gasteiger partial charge in [0.25, 0.3) is 0 Å². The number of rotatable bonds is 5. The van der Waals surface area contributed by atoms with E-state index in [1.807, 2.05) is 0 Å². The molecular weight excluding hydrogens is 318 g/mol. The van der Waals surface area contributed by atoms with Crippen molar-refractivity contribution >= 4 is 5.82 Å². The van der Waals surface area contributed by atoms with Crippen molar-refractivity contribution in [1.29, 1.82) is 0 Å². The summed E-state index contributed by atoms with van der Waals surface area (Å²) in [5, 5.41) is 0. The highest BCUT2D eigenvalue weighted by atomic mass is 19.3. The van der Waals surface area contributed by atoms with Crippen LogP contribution in [-0.2, 0) is 11.3 Å². The molecule has 1 aromatic heterocycles. The minimum Gasteiger partial charge on any atom is -0.435 e. The lowest BCUT2D eigenvalue weighted by atomic mass is 10.1. The van der Waals surface area contributed by atoms with Crippen LogP contribution in [0.15, 0.2) is 36.5 Å². The Balaban J connectivity index is 1.62. The minimum atomic E-state index is -2.82. The number of ether oxygens (including phenoxy) is 2. The van der Waals surface area contributed by atoms with Gasteiger partial charge in [-0.25, -0.2) is 9.97 Å². The van der Waals surface area contributed by atoms with Gasteiger partial charge in [0.1, 0.15) is 17.4 Å². The number of aromatic nitrogens is 2. The summed E-state index contributed by atoms with van der Waals surface area (Å²) in [7, 11) is 0. The van der Waals surface area contributed by atoms with E-state index in [-0.39, 0.29) is 11.9 Å². The smallest absolute Gasteiger partial charge is 0.387 e. The second kappa shape index (κ2) is 7.50. The van der Waals surface area contributed by atoms with Gasteiger partial charge in [0.05, 0.1) is 19.3 Å². The molecule has 1 atom stereocenters. The summed E-state index contributed by atoms with van der Waals surface area (Å²) in [6, 6.07) is 8.16. The summed E-state index contributed by atoms with van der Waals surface area (Å²) in [5.74, 6) is 1.24. The molecule has 1 aliphatic rings. The van der Waals surface area contributed by atoms with Gasteiger partial charge in [0, 0.05) is 19.3 Å². The van der Waals surface area contributed by atoms with Crippen molar-refractivity contribution in [3.63, 3.8) is 0 Å². The van der Waals surface area contributed by atoms with E-state index in [1.165, 1.54) is 12.1 Å². The summed E-state index contributed by atoms with van der Waals surface area (Å²) < 4.78 is 34.5. The first-order valence-electron chi connectivity index (χ1n) is 7.56. The maximum absolute atomic E-state index is 12.2. The summed E-state index contributed by atoms with van der Waals surface area (Å²) in [5.41, 5.74) is 6.58. The number of nitrogens with zero attached hydrogens (tertiary/aromatic N) is 3. The fraction of sp³-hybridized carbons (Fsp3) is 0.375. The van der Waals surface area contributed by atoms with Gasteiger partial charge in [0.2, 0.25) is 0 Å². The molecule has 0 amide bonds. The Morgan fingerprint density at radius 1 is 1.29 bits per heavy atom. The zero-order chi connectivity index (χ0) is 16.9. The molecule has 1 aliphatic heterocycles. The number of nitrogen functional groups attached to an aromatic ring is 1. The van der Waals surface area contributed by atoms with E-state index < -0.39 is 6.61 Å². The van der Waals surface area contributed by atoms with Crippen molar-refractivity contribution in [1.82, 2.24) is 14.9 Å². The molecule has 0 saturated carbocycles. The number of hydrogen-bond acceptors (Lipinski definition) is 6. The number of morpholine rings is 1. The number of anilines is 1. The molecule has 0 radical (unpaired) electrons. The van der Waals surface area contributed by atoms with Crippen LogP contribution in [0.5, 0.6) is 5.75 Å². The van der Waals surface area contributed by atoms with Gasteiger partial charge < -0.3 is 15.2 Å². The number of alkyl halides is 2. The van der Waals surface area contributed by atoms with Crippen molar-refractivity contribution in [3.8, 4) is 5.75 Å². The van der Waals surface area contributed by atoms with Crippen molar-refractivity contribution in [2.45, 2.75) is 19.3 Å². The molecular formula is C16H18F2N4O2. The average molecular weight is 336 g/mol.